The lowest BCUT2D eigenvalue weighted by Gasteiger charge is -2.59. The lowest BCUT2D eigenvalue weighted by molar-refractivity contribution is -0.175. The molecule has 8 heteroatoms. The van der Waals surface area contributed by atoms with E-state index >= 15 is 0 Å². The zero-order valence-electron chi connectivity index (χ0n) is 25.9. The van der Waals surface area contributed by atoms with Crippen LogP contribution in [0.3, 0.4) is 0 Å². The Morgan fingerprint density at radius 2 is 1.63 bits per heavy atom. The number of fused-ring (bicyclic) bond motifs is 4. The van der Waals surface area contributed by atoms with E-state index in [0.29, 0.717) is 19.4 Å². The van der Waals surface area contributed by atoms with Gasteiger partial charge < -0.3 is 9.47 Å². The van der Waals surface area contributed by atoms with Crippen molar-refractivity contribution in [2.24, 2.45) is 39.4 Å². The molecule has 0 saturated heterocycles. The molecule has 0 amide bonds. The van der Waals surface area contributed by atoms with Crippen LogP contribution in [0.2, 0.25) is 0 Å². The summed E-state index contributed by atoms with van der Waals surface area (Å²) in [6.07, 6.45) is 1.91. The molecule has 0 aromatic rings. The summed E-state index contributed by atoms with van der Waals surface area (Å²) >= 11 is 0. The third kappa shape index (κ3) is 4.46. The van der Waals surface area contributed by atoms with Gasteiger partial charge in [0.1, 0.15) is 11.6 Å². The Hall–Kier alpha value is -2.64. The Kier molecular flexibility index (Phi) is 8.07. The fourth-order valence-electron chi connectivity index (χ4n) is 8.93. The first-order valence-electron chi connectivity index (χ1n) is 15.2. The maximum atomic E-state index is 14.6. The van der Waals surface area contributed by atoms with Crippen molar-refractivity contribution in [2.75, 3.05) is 6.61 Å². The first-order valence-corrected chi connectivity index (χ1v) is 15.2. The molecule has 0 aromatic heterocycles. The molecule has 0 aromatic carbocycles. The molecule has 0 aliphatic heterocycles. The van der Waals surface area contributed by atoms with Crippen molar-refractivity contribution < 1.29 is 38.2 Å². The van der Waals surface area contributed by atoms with Crippen molar-refractivity contribution in [3.63, 3.8) is 0 Å². The number of Topliss-reactive ketones (excluding diaryl/α,β-unsaturated/α-hetero) is 4. The number of ketones is 4. The summed E-state index contributed by atoms with van der Waals surface area (Å²) in [4.78, 5) is 80.7. The van der Waals surface area contributed by atoms with Crippen LogP contribution in [0.25, 0.3) is 0 Å². The Labute approximate surface area is 243 Å². The van der Waals surface area contributed by atoms with Gasteiger partial charge in [0.05, 0.1) is 12.0 Å². The van der Waals surface area contributed by atoms with E-state index in [1.807, 2.05) is 41.5 Å². The molecule has 0 N–H and O–H groups in total. The van der Waals surface area contributed by atoms with E-state index in [0.717, 1.165) is 12.8 Å². The molecule has 0 radical (unpaired) electrons. The molecule has 2 fully saturated rings. The highest BCUT2D eigenvalue weighted by Gasteiger charge is 2.74. The molecule has 7 atom stereocenters. The summed E-state index contributed by atoms with van der Waals surface area (Å²) in [5.41, 5.74) is -3.62. The molecule has 8 nitrogen and oxygen atoms in total. The molecular weight excluding hydrogens is 524 g/mol. The smallest absolute Gasteiger partial charge is 0.305 e. The third-order valence-corrected chi connectivity index (χ3v) is 11.6. The monoisotopic (exact) mass is 570 g/mol. The highest BCUT2D eigenvalue weighted by atomic mass is 16.5. The Balaban J connectivity index is 1.82. The number of rotatable bonds is 8. The summed E-state index contributed by atoms with van der Waals surface area (Å²) in [6, 6.07) is 0. The van der Waals surface area contributed by atoms with Crippen molar-refractivity contribution >= 4 is 35.1 Å². The Morgan fingerprint density at radius 1 is 0.976 bits per heavy atom. The zero-order chi connectivity index (χ0) is 30.7. The second-order valence-electron chi connectivity index (χ2n) is 14.1. The second-order valence-corrected chi connectivity index (χ2v) is 14.1. The van der Waals surface area contributed by atoms with Crippen LogP contribution in [0, 0.1) is 39.4 Å². The van der Waals surface area contributed by atoms with Crippen molar-refractivity contribution in [3.8, 4) is 0 Å². The number of carbonyl (C=O) groups excluding carboxylic acids is 6. The number of carbonyl (C=O) groups is 6. The highest BCUT2D eigenvalue weighted by molar-refractivity contribution is 6.18. The minimum absolute atomic E-state index is 0.0618. The summed E-state index contributed by atoms with van der Waals surface area (Å²) in [5.74, 6) is -2.72. The minimum Gasteiger partial charge on any atom is -0.466 e. The van der Waals surface area contributed by atoms with Gasteiger partial charge in [-0.05, 0) is 43.9 Å². The SMILES string of the molecule is CCCCOC(=O)CCC(C)C1CC(=O)C2(C)C3=C(C(=O)C(OC(C)=O)C12C)C1(C)CCC(=O)C(C)(C)C1CC3=O. The first kappa shape index (κ1) is 31.3. The maximum Gasteiger partial charge on any atom is 0.305 e. The van der Waals surface area contributed by atoms with E-state index < -0.39 is 51.4 Å². The van der Waals surface area contributed by atoms with Crippen LogP contribution in [0.1, 0.15) is 107 Å². The van der Waals surface area contributed by atoms with E-state index in [2.05, 4.69) is 0 Å². The van der Waals surface area contributed by atoms with Crippen molar-refractivity contribution in [1.82, 2.24) is 0 Å². The number of unbranched alkanes of at least 4 members (excludes halogenated alkanes) is 1. The van der Waals surface area contributed by atoms with Crippen molar-refractivity contribution in [1.29, 1.82) is 0 Å². The standard InChI is InChI=1S/C33H46O8/c1-9-10-15-40-25(38)12-11-18(2)20-16-24(37)33(8)26-21(35)17-22-30(4,5)23(36)13-14-31(22,6)27(26)28(39)29(32(20,33)7)41-19(3)34/h18,20,22,29H,9-17H2,1-8H3. The average molecular weight is 571 g/mol. The van der Waals surface area contributed by atoms with E-state index in [1.165, 1.54) is 6.92 Å². The molecule has 7 unspecified atom stereocenters. The normalized spacial score (nSPS) is 36.8. The number of hydrogen-bond donors (Lipinski definition) is 0. The molecule has 0 heterocycles. The quantitative estimate of drug-likeness (QED) is 0.290. The average Bonchev–Trinajstić information content (AvgIpc) is 3.10. The number of esters is 2. The van der Waals surface area contributed by atoms with E-state index in [9.17, 15) is 28.8 Å². The van der Waals surface area contributed by atoms with Crippen LogP contribution in [0.5, 0.6) is 0 Å². The van der Waals surface area contributed by atoms with Crippen LogP contribution < -0.4 is 0 Å². The number of hydrogen-bond acceptors (Lipinski definition) is 8. The van der Waals surface area contributed by atoms with Gasteiger partial charge in [-0.3, -0.25) is 28.8 Å². The summed E-state index contributed by atoms with van der Waals surface area (Å²) < 4.78 is 11.2. The van der Waals surface area contributed by atoms with Gasteiger partial charge in [-0.25, -0.2) is 0 Å². The summed E-state index contributed by atoms with van der Waals surface area (Å²) in [6.45, 7) is 14.8. The predicted molar refractivity (Wildman–Crippen MR) is 150 cm³/mol. The fraction of sp³-hybridized carbons (Fsp3) is 0.758. The van der Waals surface area contributed by atoms with Crippen molar-refractivity contribution in [3.05, 3.63) is 11.1 Å². The molecule has 0 bridgehead atoms. The van der Waals surface area contributed by atoms with Crippen LogP contribution in [-0.2, 0) is 38.2 Å². The van der Waals surface area contributed by atoms with Gasteiger partial charge in [-0.2, -0.15) is 0 Å². The predicted octanol–water partition coefficient (Wildman–Crippen LogP) is 5.14. The largest absolute Gasteiger partial charge is 0.466 e. The number of ether oxygens (including phenoxy) is 2. The fourth-order valence-corrected chi connectivity index (χ4v) is 8.93. The second kappa shape index (κ2) is 10.6. The summed E-state index contributed by atoms with van der Waals surface area (Å²) in [5, 5.41) is 0. The van der Waals surface area contributed by atoms with Gasteiger partial charge >= 0.3 is 11.9 Å². The van der Waals surface area contributed by atoms with Crippen LogP contribution in [0.15, 0.2) is 11.1 Å². The molecule has 2 saturated carbocycles. The Morgan fingerprint density at radius 3 is 2.24 bits per heavy atom. The molecule has 41 heavy (non-hydrogen) atoms. The van der Waals surface area contributed by atoms with Gasteiger partial charge in [-0.1, -0.05) is 48.0 Å². The third-order valence-electron chi connectivity index (χ3n) is 11.6. The molecule has 4 aliphatic rings. The maximum absolute atomic E-state index is 14.6. The van der Waals surface area contributed by atoms with Crippen LogP contribution in [-0.4, -0.2) is 47.8 Å². The minimum atomic E-state index is -1.35. The summed E-state index contributed by atoms with van der Waals surface area (Å²) in [7, 11) is 0. The molecule has 0 spiro atoms. The van der Waals surface area contributed by atoms with Gasteiger partial charge in [0.15, 0.2) is 11.9 Å². The first-order chi connectivity index (χ1) is 19.0. The van der Waals surface area contributed by atoms with Gasteiger partial charge in [-0.15, -0.1) is 0 Å². The molecule has 4 aliphatic carbocycles. The molecular formula is C33H46O8. The van der Waals surface area contributed by atoms with Gasteiger partial charge in [0.25, 0.3) is 0 Å². The lowest BCUT2D eigenvalue weighted by atomic mass is 9.42. The van der Waals surface area contributed by atoms with E-state index in [-0.39, 0.29) is 66.1 Å². The lowest BCUT2D eigenvalue weighted by Crippen LogP contribution is -2.64. The van der Waals surface area contributed by atoms with Crippen molar-refractivity contribution in [2.45, 2.75) is 113 Å². The Bertz CT molecular complexity index is 1230. The van der Waals surface area contributed by atoms with E-state index in [1.54, 1.807) is 6.92 Å². The van der Waals surface area contributed by atoms with Gasteiger partial charge in [0.2, 0.25) is 5.78 Å². The molecule has 4 rings (SSSR count). The zero-order valence-corrected chi connectivity index (χ0v) is 25.9. The molecule has 226 valence electrons. The topological polar surface area (TPSA) is 121 Å². The van der Waals surface area contributed by atoms with E-state index in [4.69, 9.17) is 9.47 Å². The van der Waals surface area contributed by atoms with Crippen LogP contribution in [0.4, 0.5) is 0 Å². The van der Waals surface area contributed by atoms with Gasteiger partial charge in [0, 0.05) is 60.0 Å². The highest BCUT2D eigenvalue weighted by Crippen LogP contribution is 2.70. The van der Waals surface area contributed by atoms with Crippen LogP contribution >= 0.6 is 0 Å². The number of allylic oxidation sites excluding steroid dienone is 1.